The van der Waals surface area contributed by atoms with Gasteiger partial charge in [0, 0.05) is 6.07 Å². The van der Waals surface area contributed by atoms with E-state index in [9.17, 15) is 9.59 Å². The highest BCUT2D eigenvalue weighted by atomic mass is 35.5. The molecule has 1 N–H and O–H groups in total. The Kier molecular flexibility index (Phi) is 6.68. The predicted molar refractivity (Wildman–Crippen MR) is 98.5 cm³/mol. The van der Waals surface area contributed by atoms with Crippen molar-refractivity contribution in [2.24, 2.45) is 0 Å². The number of hydrogen-bond acceptors (Lipinski definition) is 7. The number of halogens is 1. The number of amides is 1. The van der Waals surface area contributed by atoms with Gasteiger partial charge in [0.2, 0.25) is 0 Å². The van der Waals surface area contributed by atoms with Crippen LogP contribution in [0.1, 0.15) is 36.9 Å². The zero-order chi connectivity index (χ0) is 20.1. The molecule has 1 aromatic carbocycles. The zero-order valence-electron chi connectivity index (χ0n) is 15.7. The summed E-state index contributed by atoms with van der Waals surface area (Å²) in [5.74, 6) is 0.122. The van der Waals surface area contributed by atoms with E-state index in [4.69, 9.17) is 30.3 Å². The Bertz CT molecular complexity index is 833. The first-order valence-electron chi connectivity index (χ1n) is 8.20. The van der Waals surface area contributed by atoms with Crippen molar-refractivity contribution in [2.75, 3.05) is 12.4 Å². The number of aromatic nitrogens is 1. The van der Waals surface area contributed by atoms with Crippen molar-refractivity contribution < 1.29 is 28.3 Å². The highest BCUT2D eigenvalue weighted by Gasteiger charge is 2.23. The number of carbonyl (C=O) groups is 2. The van der Waals surface area contributed by atoms with Crippen LogP contribution in [-0.2, 0) is 9.53 Å². The van der Waals surface area contributed by atoms with Gasteiger partial charge in [0.05, 0.1) is 23.8 Å². The van der Waals surface area contributed by atoms with Crippen LogP contribution in [0.15, 0.2) is 22.7 Å². The summed E-state index contributed by atoms with van der Waals surface area (Å²) in [4.78, 5) is 24.5. The summed E-state index contributed by atoms with van der Waals surface area (Å²) in [6.45, 7) is 6.81. The summed E-state index contributed by atoms with van der Waals surface area (Å²) in [6.07, 6.45) is -1.19. The molecule has 0 spiro atoms. The lowest BCUT2D eigenvalue weighted by Crippen LogP contribution is -2.30. The van der Waals surface area contributed by atoms with E-state index in [-0.39, 0.29) is 22.5 Å². The van der Waals surface area contributed by atoms with E-state index in [1.807, 2.05) is 13.8 Å². The van der Waals surface area contributed by atoms with Crippen LogP contribution in [0.2, 0.25) is 5.02 Å². The number of ether oxygens (including phenoxy) is 3. The first kappa shape index (κ1) is 20.6. The number of aryl methyl sites for hydroxylation is 1. The van der Waals surface area contributed by atoms with Gasteiger partial charge in [-0.3, -0.25) is 4.79 Å². The third-order valence-electron chi connectivity index (χ3n) is 3.35. The molecule has 1 aromatic heterocycles. The fourth-order valence-electron chi connectivity index (χ4n) is 2.12. The Hall–Kier alpha value is -2.74. The summed E-state index contributed by atoms with van der Waals surface area (Å²) >= 11 is 6.20. The van der Waals surface area contributed by atoms with Gasteiger partial charge in [0.25, 0.3) is 5.91 Å². The number of benzene rings is 1. The normalized spacial score (nSPS) is 11.8. The molecule has 0 saturated heterocycles. The van der Waals surface area contributed by atoms with Crippen LogP contribution in [0.4, 0.5) is 5.82 Å². The van der Waals surface area contributed by atoms with Crippen molar-refractivity contribution in [1.82, 2.24) is 5.16 Å². The number of rotatable bonds is 7. The minimum atomic E-state index is -1.06. The highest BCUT2D eigenvalue weighted by molar-refractivity contribution is 6.32. The molecule has 0 unspecified atom stereocenters. The van der Waals surface area contributed by atoms with Gasteiger partial charge in [-0.15, -0.1) is 0 Å². The van der Waals surface area contributed by atoms with Crippen LogP contribution in [0.5, 0.6) is 11.5 Å². The van der Waals surface area contributed by atoms with Gasteiger partial charge >= 0.3 is 5.97 Å². The maximum atomic E-state index is 12.4. The second-order valence-corrected chi connectivity index (χ2v) is 6.42. The number of anilines is 1. The number of nitrogens with one attached hydrogen (secondary N) is 1. The third-order valence-corrected chi connectivity index (χ3v) is 3.63. The Morgan fingerprint density at radius 3 is 2.48 bits per heavy atom. The first-order valence-corrected chi connectivity index (χ1v) is 8.58. The van der Waals surface area contributed by atoms with Crippen molar-refractivity contribution >= 4 is 29.3 Å². The smallest absolute Gasteiger partial charge is 0.339 e. The lowest BCUT2D eigenvalue weighted by atomic mass is 10.2. The molecule has 27 heavy (non-hydrogen) atoms. The molecule has 9 heteroatoms. The molecule has 0 aliphatic heterocycles. The molecular weight excluding hydrogens is 376 g/mol. The van der Waals surface area contributed by atoms with Crippen LogP contribution in [-0.4, -0.2) is 36.4 Å². The summed E-state index contributed by atoms with van der Waals surface area (Å²) in [5.41, 5.74) is 0.130. The third kappa shape index (κ3) is 5.37. The predicted octanol–water partition coefficient (Wildman–Crippen LogP) is 3.62. The summed E-state index contributed by atoms with van der Waals surface area (Å²) < 4.78 is 20.9. The average molecular weight is 397 g/mol. The fourth-order valence-corrected chi connectivity index (χ4v) is 2.38. The van der Waals surface area contributed by atoms with Gasteiger partial charge in [0.1, 0.15) is 5.76 Å². The Morgan fingerprint density at radius 2 is 1.93 bits per heavy atom. The Morgan fingerprint density at radius 1 is 1.22 bits per heavy atom. The second kappa shape index (κ2) is 8.77. The molecule has 0 radical (unpaired) electrons. The highest BCUT2D eigenvalue weighted by Crippen LogP contribution is 2.37. The van der Waals surface area contributed by atoms with Crippen LogP contribution >= 0.6 is 11.6 Å². The molecule has 1 amide bonds. The minimum Gasteiger partial charge on any atom is -0.493 e. The minimum absolute atomic E-state index is 0.127. The molecule has 2 rings (SSSR count). The monoisotopic (exact) mass is 396 g/mol. The number of methoxy groups -OCH3 is 1. The maximum Gasteiger partial charge on any atom is 0.339 e. The van der Waals surface area contributed by atoms with E-state index < -0.39 is 18.0 Å². The van der Waals surface area contributed by atoms with Gasteiger partial charge in [0.15, 0.2) is 23.4 Å². The molecule has 1 heterocycles. The van der Waals surface area contributed by atoms with Gasteiger partial charge in [-0.05, 0) is 39.8 Å². The Balaban J connectivity index is 2.10. The number of esters is 1. The number of carbonyl (C=O) groups excluding carboxylic acids is 2. The largest absolute Gasteiger partial charge is 0.493 e. The molecule has 146 valence electrons. The quantitative estimate of drug-likeness (QED) is 0.713. The van der Waals surface area contributed by atoms with Gasteiger partial charge in [-0.1, -0.05) is 16.8 Å². The van der Waals surface area contributed by atoms with E-state index >= 15 is 0 Å². The molecule has 1 atom stereocenters. The molecule has 2 aromatic rings. The first-order chi connectivity index (χ1) is 12.7. The van der Waals surface area contributed by atoms with Crippen LogP contribution < -0.4 is 14.8 Å². The number of hydrogen-bond donors (Lipinski definition) is 1. The molecule has 0 fully saturated rings. The van der Waals surface area contributed by atoms with E-state index in [0.29, 0.717) is 17.3 Å². The molecule has 0 aliphatic carbocycles. The SMILES string of the molecule is COc1cc(C(=O)O[C@@H](C)C(=O)Nc2cc(C)on2)cc(Cl)c1OC(C)C. The zero-order valence-corrected chi connectivity index (χ0v) is 16.4. The molecular formula is C18H21ClN2O6. The van der Waals surface area contributed by atoms with Crippen LogP contribution in [0.3, 0.4) is 0 Å². The van der Waals surface area contributed by atoms with Gasteiger partial charge in [-0.25, -0.2) is 4.79 Å². The summed E-state index contributed by atoms with van der Waals surface area (Å²) in [6, 6.07) is 4.39. The summed E-state index contributed by atoms with van der Waals surface area (Å²) in [5, 5.41) is 6.34. The summed E-state index contributed by atoms with van der Waals surface area (Å²) in [7, 11) is 1.43. The van der Waals surface area contributed by atoms with E-state index in [1.165, 1.54) is 26.2 Å². The topological polar surface area (TPSA) is 99.9 Å². The lowest BCUT2D eigenvalue weighted by molar-refractivity contribution is -0.123. The molecule has 0 bridgehead atoms. The van der Waals surface area contributed by atoms with E-state index in [2.05, 4.69) is 10.5 Å². The molecule has 0 saturated carbocycles. The standard InChI is InChI=1S/C18H21ClN2O6/c1-9(2)25-16-13(19)7-12(8-14(16)24-5)18(23)26-11(4)17(22)20-15-6-10(3)27-21-15/h6-9,11H,1-5H3,(H,20,21,22)/t11-/m0/s1. The van der Waals surface area contributed by atoms with Crippen molar-refractivity contribution in [3.63, 3.8) is 0 Å². The molecule has 8 nitrogen and oxygen atoms in total. The van der Waals surface area contributed by atoms with Crippen molar-refractivity contribution in [1.29, 1.82) is 0 Å². The van der Waals surface area contributed by atoms with E-state index in [1.54, 1.807) is 13.0 Å². The van der Waals surface area contributed by atoms with Crippen molar-refractivity contribution in [2.45, 2.75) is 39.9 Å². The lowest BCUT2D eigenvalue weighted by Gasteiger charge is -2.17. The molecule has 0 aliphatic rings. The second-order valence-electron chi connectivity index (χ2n) is 6.02. The van der Waals surface area contributed by atoms with Crippen LogP contribution in [0, 0.1) is 6.92 Å². The number of nitrogens with zero attached hydrogens (tertiary/aromatic N) is 1. The van der Waals surface area contributed by atoms with Gasteiger partial charge < -0.3 is 24.1 Å². The Labute approximate surface area is 161 Å². The van der Waals surface area contributed by atoms with E-state index in [0.717, 1.165) is 0 Å². The van der Waals surface area contributed by atoms with Crippen molar-refractivity contribution in [3.05, 3.63) is 34.5 Å². The van der Waals surface area contributed by atoms with Crippen LogP contribution in [0.25, 0.3) is 0 Å². The average Bonchev–Trinajstić information content (AvgIpc) is 3.00. The van der Waals surface area contributed by atoms with Crippen molar-refractivity contribution in [3.8, 4) is 11.5 Å². The fraction of sp³-hybridized carbons (Fsp3) is 0.389. The maximum absolute atomic E-state index is 12.4. The van der Waals surface area contributed by atoms with Gasteiger partial charge in [-0.2, -0.15) is 0 Å².